The highest BCUT2D eigenvalue weighted by molar-refractivity contribution is 5.40. The summed E-state index contributed by atoms with van der Waals surface area (Å²) >= 11 is 0. The number of nitrogens with two attached hydrogens (primary N) is 1. The van der Waals surface area contributed by atoms with Crippen molar-refractivity contribution >= 4 is 5.82 Å². The Morgan fingerprint density at radius 2 is 2.27 bits per heavy atom. The van der Waals surface area contributed by atoms with Gasteiger partial charge in [-0.3, -0.25) is 0 Å². The van der Waals surface area contributed by atoms with Crippen LogP contribution in [0.3, 0.4) is 0 Å². The minimum atomic E-state index is 0.444. The molecule has 0 fully saturated rings. The van der Waals surface area contributed by atoms with E-state index in [0.717, 1.165) is 36.7 Å². The second-order valence-electron chi connectivity index (χ2n) is 4.02. The molecule has 0 radical (unpaired) electrons. The lowest BCUT2D eigenvalue weighted by atomic mass is 10.0. The molecule has 3 heteroatoms. The smallest absolute Gasteiger partial charge is 0.127 e. The number of imidazole rings is 1. The van der Waals surface area contributed by atoms with Crippen molar-refractivity contribution < 1.29 is 0 Å². The molecule has 1 aromatic heterocycles. The van der Waals surface area contributed by atoms with E-state index in [9.17, 15) is 0 Å². The molecule has 1 aromatic rings. The zero-order valence-electron chi connectivity index (χ0n) is 9.95. The number of nitrogens with zero attached hydrogens (tertiary/aromatic N) is 2. The summed E-state index contributed by atoms with van der Waals surface area (Å²) in [6.07, 6.45) is 4.14. The molecular weight excluding hydrogens is 186 g/mol. The van der Waals surface area contributed by atoms with Gasteiger partial charge in [0.2, 0.25) is 0 Å². The third-order valence-electron chi connectivity index (χ3n) is 2.73. The second-order valence-corrected chi connectivity index (χ2v) is 4.02. The van der Waals surface area contributed by atoms with Crippen LogP contribution in [0.25, 0.3) is 0 Å². The highest BCUT2D eigenvalue weighted by Gasteiger charge is 2.15. The third kappa shape index (κ3) is 2.41. The van der Waals surface area contributed by atoms with E-state index in [-0.39, 0.29) is 0 Å². The molecule has 1 heterocycles. The Bertz CT molecular complexity index is 339. The predicted octanol–water partition coefficient (Wildman–Crippen LogP) is 2.86. The Morgan fingerprint density at radius 1 is 1.60 bits per heavy atom. The molecular formula is C12H21N3. The molecule has 1 unspecified atom stereocenters. The number of allylic oxidation sites excluding steroid dienone is 1. The van der Waals surface area contributed by atoms with E-state index in [1.807, 2.05) is 17.6 Å². The molecule has 84 valence electrons. The van der Waals surface area contributed by atoms with Crippen molar-refractivity contribution in [3.8, 4) is 0 Å². The first-order valence-electron chi connectivity index (χ1n) is 5.55. The average molecular weight is 207 g/mol. The second kappa shape index (κ2) is 5.01. The maximum Gasteiger partial charge on any atom is 0.127 e. The van der Waals surface area contributed by atoms with Crippen LogP contribution in [-0.2, 0) is 6.54 Å². The van der Waals surface area contributed by atoms with E-state index in [0.29, 0.717) is 5.92 Å². The molecule has 1 atom stereocenters. The predicted molar refractivity (Wildman–Crippen MR) is 64.9 cm³/mol. The molecule has 2 N–H and O–H groups in total. The number of hydrogen-bond donors (Lipinski definition) is 1. The van der Waals surface area contributed by atoms with Gasteiger partial charge in [-0.05, 0) is 13.3 Å². The van der Waals surface area contributed by atoms with E-state index in [1.165, 1.54) is 0 Å². The molecule has 3 nitrogen and oxygen atoms in total. The van der Waals surface area contributed by atoms with Gasteiger partial charge in [0, 0.05) is 12.5 Å². The summed E-state index contributed by atoms with van der Waals surface area (Å²) in [4.78, 5) is 4.54. The van der Waals surface area contributed by atoms with Crippen LogP contribution in [-0.4, -0.2) is 9.55 Å². The van der Waals surface area contributed by atoms with Gasteiger partial charge in [-0.15, -0.1) is 6.58 Å². The average Bonchev–Trinajstić information content (AvgIpc) is 2.47. The van der Waals surface area contributed by atoms with Gasteiger partial charge in [-0.2, -0.15) is 0 Å². The topological polar surface area (TPSA) is 43.8 Å². The largest absolute Gasteiger partial charge is 0.384 e. The lowest BCUT2D eigenvalue weighted by molar-refractivity contribution is 0.651. The summed E-state index contributed by atoms with van der Waals surface area (Å²) in [5.74, 6) is 2.22. The van der Waals surface area contributed by atoms with Gasteiger partial charge >= 0.3 is 0 Å². The Kier molecular flexibility index (Phi) is 3.95. The quantitative estimate of drug-likeness (QED) is 0.754. The summed E-state index contributed by atoms with van der Waals surface area (Å²) in [6, 6.07) is 0. The van der Waals surface area contributed by atoms with Crippen LogP contribution in [0.2, 0.25) is 0 Å². The van der Waals surface area contributed by atoms with Gasteiger partial charge in [0.05, 0.1) is 5.69 Å². The SMILES string of the molecule is C=CCn1c(C)nc(C(C)CCC)c1N. The van der Waals surface area contributed by atoms with Gasteiger partial charge < -0.3 is 10.3 Å². The fourth-order valence-electron chi connectivity index (χ4n) is 1.90. The molecule has 0 aromatic carbocycles. The van der Waals surface area contributed by atoms with Gasteiger partial charge in [0.1, 0.15) is 11.6 Å². The molecule has 0 aliphatic rings. The Labute approximate surface area is 92.0 Å². The van der Waals surface area contributed by atoms with Gasteiger partial charge in [-0.1, -0.05) is 26.3 Å². The number of anilines is 1. The van der Waals surface area contributed by atoms with Crippen molar-refractivity contribution in [2.45, 2.75) is 46.1 Å². The lowest BCUT2D eigenvalue weighted by Gasteiger charge is -2.08. The Balaban J connectivity index is 2.99. The van der Waals surface area contributed by atoms with Crippen LogP contribution in [0.5, 0.6) is 0 Å². The van der Waals surface area contributed by atoms with Crippen LogP contribution in [0.1, 0.15) is 44.1 Å². The first kappa shape index (κ1) is 11.8. The Hall–Kier alpha value is -1.25. The van der Waals surface area contributed by atoms with E-state index >= 15 is 0 Å². The monoisotopic (exact) mass is 207 g/mol. The fourth-order valence-corrected chi connectivity index (χ4v) is 1.90. The molecule has 0 aliphatic heterocycles. The number of rotatable bonds is 5. The first-order valence-corrected chi connectivity index (χ1v) is 5.55. The minimum absolute atomic E-state index is 0.444. The normalized spacial score (nSPS) is 12.7. The standard InChI is InChI=1S/C12H21N3/c1-5-7-9(3)11-12(13)15(8-6-2)10(4)14-11/h6,9H,2,5,7-8,13H2,1,3-4H3. The van der Waals surface area contributed by atoms with E-state index in [1.54, 1.807) is 0 Å². The number of aryl methyl sites for hydroxylation is 1. The van der Waals surface area contributed by atoms with Crippen molar-refractivity contribution in [2.24, 2.45) is 0 Å². The Morgan fingerprint density at radius 3 is 2.80 bits per heavy atom. The van der Waals surface area contributed by atoms with Crippen LogP contribution in [0.4, 0.5) is 5.82 Å². The highest BCUT2D eigenvalue weighted by Crippen LogP contribution is 2.26. The van der Waals surface area contributed by atoms with Crippen molar-refractivity contribution in [3.05, 3.63) is 24.2 Å². The third-order valence-corrected chi connectivity index (χ3v) is 2.73. The summed E-state index contributed by atoms with van der Waals surface area (Å²) < 4.78 is 2.01. The van der Waals surface area contributed by atoms with E-state index in [2.05, 4.69) is 25.4 Å². The molecule has 0 amide bonds. The number of aromatic nitrogens is 2. The van der Waals surface area contributed by atoms with Crippen LogP contribution < -0.4 is 5.73 Å². The summed E-state index contributed by atoms with van der Waals surface area (Å²) in [7, 11) is 0. The zero-order valence-corrected chi connectivity index (χ0v) is 9.95. The van der Waals surface area contributed by atoms with Crippen molar-refractivity contribution in [1.29, 1.82) is 0 Å². The van der Waals surface area contributed by atoms with Crippen LogP contribution >= 0.6 is 0 Å². The molecule has 0 spiro atoms. The highest BCUT2D eigenvalue weighted by atomic mass is 15.1. The van der Waals surface area contributed by atoms with Crippen LogP contribution in [0, 0.1) is 6.92 Å². The maximum atomic E-state index is 6.07. The molecule has 0 bridgehead atoms. The molecule has 1 rings (SSSR count). The number of nitrogen functional groups attached to an aromatic ring is 1. The van der Waals surface area contributed by atoms with E-state index < -0.39 is 0 Å². The summed E-state index contributed by atoms with van der Waals surface area (Å²) in [5.41, 5.74) is 7.11. The van der Waals surface area contributed by atoms with E-state index in [4.69, 9.17) is 5.73 Å². The first-order chi connectivity index (χ1) is 7.11. The van der Waals surface area contributed by atoms with Crippen LogP contribution in [0.15, 0.2) is 12.7 Å². The summed E-state index contributed by atoms with van der Waals surface area (Å²) in [6.45, 7) is 10.8. The van der Waals surface area contributed by atoms with Crippen molar-refractivity contribution in [3.63, 3.8) is 0 Å². The van der Waals surface area contributed by atoms with Gasteiger partial charge in [0.15, 0.2) is 0 Å². The summed E-state index contributed by atoms with van der Waals surface area (Å²) in [5, 5.41) is 0. The molecule has 0 saturated heterocycles. The maximum absolute atomic E-state index is 6.07. The molecule has 0 saturated carbocycles. The lowest BCUT2D eigenvalue weighted by Crippen LogP contribution is -2.05. The minimum Gasteiger partial charge on any atom is -0.384 e. The fraction of sp³-hybridized carbons (Fsp3) is 0.583. The molecule has 0 aliphatic carbocycles. The molecule has 15 heavy (non-hydrogen) atoms. The van der Waals surface area contributed by atoms with Crippen molar-refractivity contribution in [1.82, 2.24) is 9.55 Å². The van der Waals surface area contributed by atoms with Gasteiger partial charge in [0.25, 0.3) is 0 Å². The zero-order chi connectivity index (χ0) is 11.4. The van der Waals surface area contributed by atoms with Gasteiger partial charge in [-0.25, -0.2) is 4.98 Å². The number of hydrogen-bond acceptors (Lipinski definition) is 2. The van der Waals surface area contributed by atoms with Crippen molar-refractivity contribution in [2.75, 3.05) is 5.73 Å².